The van der Waals surface area contributed by atoms with Crippen molar-refractivity contribution < 1.29 is 0 Å². The topological polar surface area (TPSA) is 64.5 Å². The second kappa shape index (κ2) is 9.03. The molecule has 8 aromatic rings. The number of nitrogens with zero attached hydrogens (tertiary/aromatic N) is 5. The summed E-state index contributed by atoms with van der Waals surface area (Å²) >= 11 is 0. The molecular weight excluding hydrogens is 490 g/mol. The zero-order valence-corrected chi connectivity index (χ0v) is 21.4. The smallest absolute Gasteiger partial charge is 0.0972 e. The first-order chi connectivity index (χ1) is 19.8. The molecular formula is C35H21N5. The summed E-state index contributed by atoms with van der Waals surface area (Å²) in [5.74, 6) is 0. The quantitative estimate of drug-likeness (QED) is 0.223. The average Bonchev–Trinajstić information content (AvgIpc) is 3.04. The summed E-state index contributed by atoms with van der Waals surface area (Å²) in [5, 5.41) is 5.32. The maximum atomic E-state index is 5.11. The molecule has 5 heterocycles. The molecule has 0 bridgehead atoms. The van der Waals surface area contributed by atoms with Gasteiger partial charge in [-0.15, -0.1) is 0 Å². The van der Waals surface area contributed by atoms with Crippen LogP contribution in [0.15, 0.2) is 128 Å². The molecule has 0 unspecified atom stereocenters. The van der Waals surface area contributed by atoms with Gasteiger partial charge in [0.1, 0.15) is 0 Å². The van der Waals surface area contributed by atoms with E-state index in [1.165, 1.54) is 0 Å². The molecule has 0 amide bonds. The van der Waals surface area contributed by atoms with Gasteiger partial charge in [-0.2, -0.15) is 0 Å². The molecule has 0 aliphatic carbocycles. The highest BCUT2D eigenvalue weighted by Crippen LogP contribution is 2.32. The van der Waals surface area contributed by atoms with Crippen molar-refractivity contribution in [2.75, 3.05) is 0 Å². The van der Waals surface area contributed by atoms with Gasteiger partial charge in [0.25, 0.3) is 0 Å². The summed E-state index contributed by atoms with van der Waals surface area (Å²) in [4.78, 5) is 24.3. The summed E-state index contributed by atoms with van der Waals surface area (Å²) < 4.78 is 0. The summed E-state index contributed by atoms with van der Waals surface area (Å²) in [6.45, 7) is 0. The summed E-state index contributed by atoms with van der Waals surface area (Å²) in [6.07, 6.45) is 5.50. The second-order valence-electron chi connectivity index (χ2n) is 9.83. The Balaban J connectivity index is 1.36. The Bertz CT molecular complexity index is 2090. The molecule has 3 aromatic carbocycles. The Hall–Kier alpha value is -5.55. The Morgan fingerprint density at radius 2 is 1.05 bits per heavy atom. The van der Waals surface area contributed by atoms with Crippen molar-refractivity contribution in [3.63, 3.8) is 0 Å². The van der Waals surface area contributed by atoms with Gasteiger partial charge in [0.15, 0.2) is 0 Å². The van der Waals surface area contributed by atoms with Crippen LogP contribution >= 0.6 is 0 Å². The van der Waals surface area contributed by atoms with Crippen molar-refractivity contribution in [1.29, 1.82) is 0 Å². The zero-order chi connectivity index (χ0) is 26.5. The third-order valence-corrected chi connectivity index (χ3v) is 7.37. The summed E-state index contributed by atoms with van der Waals surface area (Å²) in [5.41, 5.74) is 8.00. The lowest BCUT2D eigenvalue weighted by Gasteiger charge is -2.11. The highest BCUT2D eigenvalue weighted by atomic mass is 14.8. The number of rotatable bonds is 3. The lowest BCUT2D eigenvalue weighted by atomic mass is 10.0. The Labute approximate surface area is 229 Å². The van der Waals surface area contributed by atoms with Crippen LogP contribution in [0.2, 0.25) is 0 Å². The van der Waals surface area contributed by atoms with Gasteiger partial charge in [0.2, 0.25) is 0 Å². The van der Waals surface area contributed by atoms with E-state index in [2.05, 4.69) is 88.8 Å². The maximum absolute atomic E-state index is 5.11. The van der Waals surface area contributed by atoms with E-state index >= 15 is 0 Å². The molecule has 8 rings (SSSR count). The van der Waals surface area contributed by atoms with Crippen LogP contribution in [0.1, 0.15) is 0 Å². The van der Waals surface area contributed by atoms with Crippen molar-refractivity contribution in [2.45, 2.75) is 0 Å². The Morgan fingerprint density at radius 3 is 1.82 bits per heavy atom. The van der Waals surface area contributed by atoms with Crippen LogP contribution < -0.4 is 0 Å². The number of pyridine rings is 5. The van der Waals surface area contributed by atoms with Gasteiger partial charge in [-0.1, -0.05) is 72.8 Å². The van der Waals surface area contributed by atoms with Gasteiger partial charge in [-0.25, -0.2) is 15.0 Å². The van der Waals surface area contributed by atoms with E-state index in [0.717, 1.165) is 77.4 Å². The fourth-order valence-electron chi connectivity index (χ4n) is 5.35. The van der Waals surface area contributed by atoms with Crippen LogP contribution in [-0.2, 0) is 0 Å². The standard InChI is InChI=1S/C35H21N5/c1-2-5-22(6-3-1)27-19-31(29-14-12-25-9-8-23-16-18-36-21-28(23)33(25)39-29)38-32(20-27)30-15-13-26-11-10-24-7-4-17-37-34(24)35(26)40-30/h1-21H. The first kappa shape index (κ1) is 22.4. The number of fused-ring (bicyclic) bond motifs is 6. The van der Waals surface area contributed by atoms with Crippen LogP contribution in [0, 0.1) is 0 Å². The third kappa shape index (κ3) is 3.76. The monoisotopic (exact) mass is 511 g/mol. The first-order valence-corrected chi connectivity index (χ1v) is 13.2. The number of aromatic nitrogens is 5. The van der Waals surface area contributed by atoms with Crippen molar-refractivity contribution >= 4 is 43.5 Å². The van der Waals surface area contributed by atoms with Crippen molar-refractivity contribution in [1.82, 2.24) is 24.9 Å². The van der Waals surface area contributed by atoms with E-state index in [1.54, 1.807) is 0 Å². The second-order valence-corrected chi connectivity index (χ2v) is 9.83. The number of benzene rings is 3. The summed E-state index contributed by atoms with van der Waals surface area (Å²) in [7, 11) is 0. The largest absolute Gasteiger partial charge is 0.264 e. The minimum absolute atomic E-state index is 0.785. The van der Waals surface area contributed by atoms with Crippen molar-refractivity contribution in [3.8, 4) is 33.9 Å². The van der Waals surface area contributed by atoms with Gasteiger partial charge in [-0.05, 0) is 52.9 Å². The lowest BCUT2D eigenvalue weighted by Crippen LogP contribution is -1.96. The zero-order valence-electron chi connectivity index (χ0n) is 21.4. The van der Waals surface area contributed by atoms with Gasteiger partial charge in [-0.3, -0.25) is 9.97 Å². The predicted molar refractivity (Wildman–Crippen MR) is 162 cm³/mol. The molecule has 5 heteroatoms. The van der Waals surface area contributed by atoms with Crippen LogP contribution in [0.5, 0.6) is 0 Å². The predicted octanol–water partition coefficient (Wildman–Crippen LogP) is 8.28. The highest BCUT2D eigenvalue weighted by Gasteiger charge is 2.13. The highest BCUT2D eigenvalue weighted by molar-refractivity contribution is 6.05. The van der Waals surface area contributed by atoms with Gasteiger partial charge >= 0.3 is 0 Å². The van der Waals surface area contributed by atoms with Crippen LogP contribution in [0.3, 0.4) is 0 Å². The summed E-state index contributed by atoms with van der Waals surface area (Å²) in [6, 6.07) is 37.2. The molecule has 0 atom stereocenters. The number of hydrogen-bond acceptors (Lipinski definition) is 5. The SMILES string of the molecule is c1ccc(-c2cc(-c3ccc4ccc5ccncc5c4n3)nc(-c3ccc4ccc5cccnc5c4n3)c2)cc1. The van der Waals surface area contributed by atoms with E-state index in [1.807, 2.05) is 48.9 Å². The van der Waals surface area contributed by atoms with Crippen LogP contribution in [-0.4, -0.2) is 24.9 Å². The molecule has 5 aromatic heterocycles. The van der Waals surface area contributed by atoms with Crippen molar-refractivity contribution in [2.24, 2.45) is 0 Å². The maximum Gasteiger partial charge on any atom is 0.0972 e. The molecule has 5 nitrogen and oxygen atoms in total. The molecule has 0 aliphatic rings. The average molecular weight is 512 g/mol. The van der Waals surface area contributed by atoms with E-state index in [0.29, 0.717) is 0 Å². The normalized spacial score (nSPS) is 11.5. The first-order valence-electron chi connectivity index (χ1n) is 13.2. The molecule has 0 aliphatic heterocycles. The molecule has 186 valence electrons. The molecule has 0 saturated heterocycles. The Morgan fingerprint density at radius 1 is 0.400 bits per heavy atom. The van der Waals surface area contributed by atoms with Gasteiger partial charge in [0, 0.05) is 40.1 Å². The van der Waals surface area contributed by atoms with Crippen LogP contribution in [0.25, 0.3) is 77.4 Å². The van der Waals surface area contributed by atoms with Gasteiger partial charge < -0.3 is 0 Å². The third-order valence-electron chi connectivity index (χ3n) is 7.37. The minimum Gasteiger partial charge on any atom is -0.264 e. The van der Waals surface area contributed by atoms with Gasteiger partial charge in [0.05, 0.1) is 39.3 Å². The van der Waals surface area contributed by atoms with E-state index in [4.69, 9.17) is 15.0 Å². The lowest BCUT2D eigenvalue weighted by molar-refractivity contribution is 1.25. The van der Waals surface area contributed by atoms with E-state index in [9.17, 15) is 0 Å². The van der Waals surface area contributed by atoms with Crippen molar-refractivity contribution in [3.05, 3.63) is 128 Å². The van der Waals surface area contributed by atoms with Crippen LogP contribution in [0.4, 0.5) is 0 Å². The Kier molecular flexibility index (Phi) is 5.07. The minimum atomic E-state index is 0.785. The van der Waals surface area contributed by atoms with E-state index < -0.39 is 0 Å². The number of hydrogen-bond donors (Lipinski definition) is 0. The van der Waals surface area contributed by atoms with E-state index in [-0.39, 0.29) is 0 Å². The molecule has 0 N–H and O–H groups in total. The molecule has 0 radical (unpaired) electrons. The molecule has 0 spiro atoms. The molecule has 40 heavy (non-hydrogen) atoms. The fourth-order valence-corrected chi connectivity index (χ4v) is 5.35. The molecule has 0 saturated carbocycles. The molecule has 0 fully saturated rings. The fraction of sp³-hybridized carbons (Fsp3) is 0.